The van der Waals surface area contributed by atoms with Gasteiger partial charge in [-0.25, -0.2) is 0 Å². The van der Waals surface area contributed by atoms with Crippen molar-refractivity contribution in [2.45, 2.75) is 4.90 Å². The second kappa shape index (κ2) is 8.23. The summed E-state index contributed by atoms with van der Waals surface area (Å²) in [6.45, 7) is 0.623. The number of hydrogen-bond acceptors (Lipinski definition) is 4. The number of thioether (sulfide) groups is 1. The first-order valence-corrected chi connectivity index (χ1v) is 7.76. The number of hydrogen-bond donors (Lipinski definition) is 1. The molecule has 0 heterocycles. The molecule has 1 N–H and O–H groups in total. The number of methoxy groups -OCH3 is 1. The molecular formula is C17H16N2O2S. The molecule has 0 saturated heterocycles. The lowest BCUT2D eigenvalue weighted by Gasteiger charge is -2.10. The Morgan fingerprint density at radius 2 is 1.95 bits per heavy atom. The van der Waals surface area contributed by atoms with Crippen LogP contribution in [0.4, 0.5) is 5.69 Å². The highest BCUT2D eigenvalue weighted by Gasteiger charge is 2.13. The number of nitrogens with one attached hydrogen (secondary N) is 1. The molecule has 0 atom stereocenters. The Kier molecular flexibility index (Phi) is 6.01. The van der Waals surface area contributed by atoms with Crippen molar-refractivity contribution in [3.8, 4) is 6.07 Å². The number of anilines is 1. The number of rotatable bonds is 6. The van der Waals surface area contributed by atoms with E-state index >= 15 is 0 Å². The van der Waals surface area contributed by atoms with Gasteiger partial charge in [-0.2, -0.15) is 5.26 Å². The van der Waals surface area contributed by atoms with Gasteiger partial charge in [-0.1, -0.05) is 24.3 Å². The minimum Gasteiger partial charge on any atom is -0.384 e. The van der Waals surface area contributed by atoms with Crippen LogP contribution in [0, 0.1) is 11.3 Å². The second-order valence-corrected chi connectivity index (χ2v) is 5.59. The first-order chi connectivity index (χ1) is 10.8. The van der Waals surface area contributed by atoms with Crippen LogP contribution in [-0.2, 0) is 4.74 Å². The van der Waals surface area contributed by atoms with Crippen LogP contribution in [-0.4, -0.2) is 25.4 Å². The summed E-state index contributed by atoms with van der Waals surface area (Å²) in [5, 5.41) is 11.9. The maximum atomic E-state index is 12.5. The van der Waals surface area contributed by atoms with Crippen molar-refractivity contribution in [3.63, 3.8) is 0 Å². The van der Waals surface area contributed by atoms with Crippen LogP contribution in [0.2, 0.25) is 0 Å². The molecule has 0 spiro atoms. The third kappa shape index (κ3) is 4.10. The Morgan fingerprint density at radius 1 is 1.23 bits per heavy atom. The third-order valence-electron chi connectivity index (χ3n) is 2.97. The number of carbonyl (C=O) groups excluding carboxylic acids is 1. The monoisotopic (exact) mass is 312 g/mol. The summed E-state index contributed by atoms with van der Waals surface area (Å²) in [6, 6.07) is 16.4. The van der Waals surface area contributed by atoms with E-state index in [4.69, 9.17) is 10.00 Å². The minimum atomic E-state index is -0.219. The van der Waals surface area contributed by atoms with E-state index in [2.05, 4.69) is 11.4 Å². The minimum absolute atomic E-state index is 0.219. The zero-order chi connectivity index (χ0) is 15.8. The van der Waals surface area contributed by atoms with Gasteiger partial charge in [0.15, 0.2) is 0 Å². The zero-order valence-corrected chi connectivity index (χ0v) is 13.0. The van der Waals surface area contributed by atoms with Crippen LogP contribution >= 0.6 is 11.8 Å². The first-order valence-electron chi connectivity index (χ1n) is 6.77. The fraction of sp³-hybridized carbons (Fsp3) is 0.176. The van der Waals surface area contributed by atoms with E-state index in [0.717, 1.165) is 10.6 Å². The van der Waals surface area contributed by atoms with Gasteiger partial charge in [-0.3, -0.25) is 4.79 Å². The summed E-state index contributed by atoms with van der Waals surface area (Å²) in [4.78, 5) is 13.4. The molecule has 5 heteroatoms. The predicted octanol–water partition coefficient (Wildman–Crippen LogP) is 3.55. The molecule has 0 aliphatic carbocycles. The molecule has 2 aromatic carbocycles. The number of nitrogens with zero attached hydrogens (tertiary/aromatic N) is 1. The average molecular weight is 312 g/mol. The quantitative estimate of drug-likeness (QED) is 0.654. The van der Waals surface area contributed by atoms with E-state index in [9.17, 15) is 4.79 Å². The Morgan fingerprint density at radius 3 is 2.73 bits per heavy atom. The van der Waals surface area contributed by atoms with Crippen molar-refractivity contribution in [2.75, 3.05) is 24.8 Å². The first kappa shape index (κ1) is 16.1. The highest BCUT2D eigenvalue weighted by molar-refractivity contribution is 7.99. The van der Waals surface area contributed by atoms with Crippen molar-refractivity contribution in [2.24, 2.45) is 0 Å². The van der Waals surface area contributed by atoms with Crippen LogP contribution in [0.1, 0.15) is 15.9 Å². The van der Waals surface area contributed by atoms with Crippen LogP contribution in [0.3, 0.4) is 0 Å². The molecule has 22 heavy (non-hydrogen) atoms. The normalized spacial score (nSPS) is 10.0. The molecule has 0 aliphatic heterocycles. The largest absolute Gasteiger partial charge is 0.384 e. The van der Waals surface area contributed by atoms with Gasteiger partial charge < -0.3 is 10.1 Å². The summed E-state index contributed by atoms with van der Waals surface area (Å²) >= 11 is 1.57. The molecule has 0 aliphatic rings. The summed E-state index contributed by atoms with van der Waals surface area (Å²) in [7, 11) is 1.65. The van der Waals surface area contributed by atoms with Crippen molar-refractivity contribution < 1.29 is 9.53 Å². The van der Waals surface area contributed by atoms with E-state index in [-0.39, 0.29) is 5.91 Å². The van der Waals surface area contributed by atoms with E-state index < -0.39 is 0 Å². The van der Waals surface area contributed by atoms with Crippen LogP contribution in [0.25, 0.3) is 0 Å². The molecule has 1 amide bonds. The molecule has 0 aromatic heterocycles. The van der Waals surface area contributed by atoms with Crippen LogP contribution < -0.4 is 5.32 Å². The van der Waals surface area contributed by atoms with E-state index in [0.29, 0.717) is 23.4 Å². The molecule has 2 aromatic rings. The number of amides is 1. The van der Waals surface area contributed by atoms with Crippen molar-refractivity contribution in [3.05, 3.63) is 59.7 Å². The van der Waals surface area contributed by atoms with Crippen molar-refractivity contribution in [1.82, 2.24) is 0 Å². The summed E-state index contributed by atoms with van der Waals surface area (Å²) < 4.78 is 5.03. The number of nitriles is 1. The zero-order valence-electron chi connectivity index (χ0n) is 12.2. The Balaban J connectivity index is 2.17. The molecule has 0 fully saturated rings. The second-order valence-electron chi connectivity index (χ2n) is 4.45. The number of para-hydroxylation sites is 1. The third-order valence-corrected chi connectivity index (χ3v) is 4.01. The van der Waals surface area contributed by atoms with Crippen molar-refractivity contribution in [1.29, 1.82) is 5.26 Å². The Bertz CT molecular complexity index is 695. The van der Waals surface area contributed by atoms with Gasteiger partial charge >= 0.3 is 0 Å². The molecule has 0 bridgehead atoms. The van der Waals surface area contributed by atoms with E-state index in [1.165, 1.54) is 0 Å². The highest BCUT2D eigenvalue weighted by Crippen LogP contribution is 2.24. The SMILES string of the molecule is COCCSc1ccccc1C(=O)Nc1ccccc1C#N. The predicted molar refractivity (Wildman–Crippen MR) is 88.2 cm³/mol. The van der Waals surface area contributed by atoms with E-state index in [1.807, 2.05) is 18.2 Å². The highest BCUT2D eigenvalue weighted by atomic mass is 32.2. The maximum absolute atomic E-state index is 12.5. The van der Waals surface area contributed by atoms with Gasteiger partial charge in [0.25, 0.3) is 5.91 Å². The number of carbonyl (C=O) groups is 1. The van der Waals surface area contributed by atoms with Gasteiger partial charge in [-0.15, -0.1) is 11.8 Å². The molecule has 2 rings (SSSR count). The van der Waals surface area contributed by atoms with Gasteiger partial charge in [0.05, 0.1) is 23.4 Å². The lowest BCUT2D eigenvalue weighted by atomic mass is 10.1. The van der Waals surface area contributed by atoms with Gasteiger partial charge in [-0.05, 0) is 24.3 Å². The summed E-state index contributed by atoms with van der Waals surface area (Å²) in [5.41, 5.74) is 1.56. The van der Waals surface area contributed by atoms with Crippen molar-refractivity contribution >= 4 is 23.4 Å². The smallest absolute Gasteiger partial charge is 0.256 e. The standard InChI is InChI=1S/C17H16N2O2S/c1-21-10-11-22-16-9-5-3-7-14(16)17(20)19-15-8-4-2-6-13(15)12-18/h2-9H,10-11H2,1H3,(H,19,20). The number of ether oxygens (including phenoxy) is 1. The lowest BCUT2D eigenvalue weighted by Crippen LogP contribution is -2.14. The molecule has 0 radical (unpaired) electrons. The summed E-state index contributed by atoms with van der Waals surface area (Å²) in [6.07, 6.45) is 0. The van der Waals surface area contributed by atoms with Gasteiger partial charge in [0, 0.05) is 17.8 Å². The topological polar surface area (TPSA) is 62.1 Å². The molecular weight excluding hydrogens is 296 g/mol. The number of benzene rings is 2. The fourth-order valence-electron chi connectivity index (χ4n) is 1.89. The van der Waals surface area contributed by atoms with E-state index in [1.54, 1.807) is 49.2 Å². The fourth-order valence-corrected chi connectivity index (χ4v) is 2.86. The van der Waals surface area contributed by atoms with Gasteiger partial charge in [0.2, 0.25) is 0 Å². The average Bonchev–Trinajstić information content (AvgIpc) is 2.56. The Hall–Kier alpha value is -2.29. The Labute approximate surface area is 134 Å². The molecule has 112 valence electrons. The molecule has 0 unspecified atom stereocenters. The molecule has 0 saturated carbocycles. The van der Waals surface area contributed by atoms with Crippen LogP contribution in [0.15, 0.2) is 53.4 Å². The van der Waals surface area contributed by atoms with Gasteiger partial charge in [0.1, 0.15) is 6.07 Å². The lowest BCUT2D eigenvalue weighted by molar-refractivity contribution is 0.102. The molecule has 4 nitrogen and oxygen atoms in total. The van der Waals surface area contributed by atoms with Crippen LogP contribution in [0.5, 0.6) is 0 Å². The summed E-state index contributed by atoms with van der Waals surface area (Å²) in [5.74, 6) is 0.554. The maximum Gasteiger partial charge on any atom is 0.256 e.